The Balaban J connectivity index is 1.74. The number of hydrogen-bond acceptors (Lipinski definition) is 3. The fourth-order valence-electron chi connectivity index (χ4n) is 2.68. The molecule has 0 aromatic heterocycles. The Morgan fingerprint density at radius 1 is 1.13 bits per heavy atom. The zero-order chi connectivity index (χ0) is 16.3. The molecule has 0 amide bonds. The van der Waals surface area contributed by atoms with Gasteiger partial charge in [0.15, 0.2) is 0 Å². The van der Waals surface area contributed by atoms with Crippen molar-refractivity contribution in [2.75, 3.05) is 19.7 Å². The second-order valence-corrected chi connectivity index (χ2v) is 7.92. The minimum atomic E-state index is -3.40. The van der Waals surface area contributed by atoms with Crippen LogP contribution in [-0.4, -0.2) is 32.4 Å². The largest absolute Gasteiger partial charge is 0.371 e. The molecule has 0 spiro atoms. The van der Waals surface area contributed by atoms with E-state index >= 15 is 0 Å². The summed E-state index contributed by atoms with van der Waals surface area (Å²) in [5.74, 6) is -0.0466. The van der Waals surface area contributed by atoms with Gasteiger partial charge in [-0.05, 0) is 23.3 Å². The van der Waals surface area contributed by atoms with E-state index in [2.05, 4.69) is 0 Å². The van der Waals surface area contributed by atoms with Gasteiger partial charge in [-0.2, -0.15) is 4.31 Å². The SMILES string of the molecule is O=S(=O)(Cc1cccc(Cl)c1)N1CCO[C@H](c2ccccc2)C1. The van der Waals surface area contributed by atoms with Crippen molar-refractivity contribution < 1.29 is 13.2 Å². The first-order chi connectivity index (χ1) is 11.0. The van der Waals surface area contributed by atoms with Crippen LogP contribution in [0.5, 0.6) is 0 Å². The number of hydrogen-bond donors (Lipinski definition) is 0. The molecule has 0 N–H and O–H groups in total. The normalized spacial score (nSPS) is 19.6. The highest BCUT2D eigenvalue weighted by atomic mass is 35.5. The van der Waals surface area contributed by atoms with E-state index in [0.717, 1.165) is 5.56 Å². The molecule has 122 valence electrons. The molecule has 2 aromatic rings. The zero-order valence-corrected chi connectivity index (χ0v) is 14.1. The van der Waals surface area contributed by atoms with Crippen molar-refractivity contribution in [3.63, 3.8) is 0 Å². The molecule has 1 atom stereocenters. The van der Waals surface area contributed by atoms with Crippen LogP contribution in [0.4, 0.5) is 0 Å². The second kappa shape index (κ2) is 7.01. The van der Waals surface area contributed by atoms with E-state index < -0.39 is 10.0 Å². The van der Waals surface area contributed by atoms with Crippen LogP contribution in [-0.2, 0) is 20.5 Å². The maximum atomic E-state index is 12.7. The number of sulfonamides is 1. The van der Waals surface area contributed by atoms with Gasteiger partial charge in [0.05, 0.1) is 18.5 Å². The zero-order valence-electron chi connectivity index (χ0n) is 12.6. The molecule has 1 aliphatic rings. The van der Waals surface area contributed by atoms with Gasteiger partial charge < -0.3 is 4.74 Å². The Bertz CT molecular complexity index is 764. The molecule has 0 bridgehead atoms. The summed E-state index contributed by atoms with van der Waals surface area (Å²) in [6.07, 6.45) is -0.223. The number of ether oxygens (including phenoxy) is 1. The smallest absolute Gasteiger partial charge is 0.218 e. The number of rotatable bonds is 4. The van der Waals surface area contributed by atoms with E-state index in [9.17, 15) is 8.42 Å². The molecule has 1 heterocycles. The van der Waals surface area contributed by atoms with E-state index in [1.807, 2.05) is 30.3 Å². The lowest BCUT2D eigenvalue weighted by Gasteiger charge is -2.32. The Labute approximate surface area is 141 Å². The molecule has 6 heteroatoms. The van der Waals surface area contributed by atoms with Crippen LogP contribution in [0.1, 0.15) is 17.2 Å². The predicted molar refractivity (Wildman–Crippen MR) is 90.8 cm³/mol. The highest BCUT2D eigenvalue weighted by molar-refractivity contribution is 7.88. The summed E-state index contributed by atoms with van der Waals surface area (Å²) in [7, 11) is -3.40. The molecule has 23 heavy (non-hydrogen) atoms. The first-order valence-electron chi connectivity index (χ1n) is 7.43. The minimum Gasteiger partial charge on any atom is -0.371 e. The van der Waals surface area contributed by atoms with Crippen LogP contribution < -0.4 is 0 Å². The molecule has 1 saturated heterocycles. The average molecular weight is 352 g/mol. The summed E-state index contributed by atoms with van der Waals surface area (Å²) in [5, 5.41) is 0.543. The van der Waals surface area contributed by atoms with Gasteiger partial charge in [0.25, 0.3) is 0 Å². The molecule has 4 nitrogen and oxygen atoms in total. The highest BCUT2D eigenvalue weighted by Gasteiger charge is 2.30. The van der Waals surface area contributed by atoms with Gasteiger partial charge in [0, 0.05) is 18.1 Å². The standard InChI is InChI=1S/C17H18ClNO3S/c18-16-8-4-5-14(11-16)13-23(20,21)19-9-10-22-17(12-19)15-6-2-1-3-7-15/h1-8,11,17H,9-10,12-13H2/t17-/m0/s1. The van der Waals surface area contributed by atoms with Crippen LogP contribution in [0, 0.1) is 0 Å². The van der Waals surface area contributed by atoms with Crippen LogP contribution >= 0.6 is 11.6 Å². The first-order valence-corrected chi connectivity index (χ1v) is 9.42. The summed E-state index contributed by atoms with van der Waals surface area (Å²) in [6, 6.07) is 16.7. The monoisotopic (exact) mass is 351 g/mol. The van der Waals surface area contributed by atoms with Crippen molar-refractivity contribution in [1.29, 1.82) is 0 Å². The van der Waals surface area contributed by atoms with Crippen molar-refractivity contribution in [2.24, 2.45) is 0 Å². The van der Waals surface area contributed by atoms with Crippen LogP contribution in [0.25, 0.3) is 0 Å². The summed E-state index contributed by atoms with van der Waals surface area (Å²) < 4.78 is 32.6. The van der Waals surface area contributed by atoms with Gasteiger partial charge in [0.1, 0.15) is 0 Å². The topological polar surface area (TPSA) is 46.6 Å². The van der Waals surface area contributed by atoms with Crippen LogP contribution in [0.3, 0.4) is 0 Å². The Kier molecular flexibility index (Phi) is 5.02. The third kappa shape index (κ3) is 4.12. The van der Waals surface area contributed by atoms with Gasteiger partial charge in [-0.25, -0.2) is 8.42 Å². The maximum Gasteiger partial charge on any atom is 0.218 e. The predicted octanol–water partition coefficient (Wildman–Crippen LogP) is 3.24. The number of halogens is 1. The number of nitrogens with zero attached hydrogens (tertiary/aromatic N) is 1. The summed E-state index contributed by atoms with van der Waals surface area (Å²) in [6.45, 7) is 1.12. The van der Waals surface area contributed by atoms with Gasteiger partial charge in [-0.1, -0.05) is 54.1 Å². The second-order valence-electron chi connectivity index (χ2n) is 5.51. The molecule has 0 unspecified atom stereocenters. The maximum absolute atomic E-state index is 12.7. The average Bonchev–Trinajstić information content (AvgIpc) is 2.55. The van der Waals surface area contributed by atoms with E-state index in [0.29, 0.717) is 30.3 Å². The molecule has 0 saturated carbocycles. The summed E-state index contributed by atoms with van der Waals surface area (Å²) in [4.78, 5) is 0. The number of morpholine rings is 1. The summed E-state index contributed by atoms with van der Waals surface area (Å²) in [5.41, 5.74) is 1.69. The minimum absolute atomic E-state index is 0.0466. The third-order valence-electron chi connectivity index (χ3n) is 3.83. The Hall–Kier alpha value is -1.40. The van der Waals surface area contributed by atoms with E-state index in [-0.39, 0.29) is 11.9 Å². The third-order valence-corrected chi connectivity index (χ3v) is 5.88. The molecule has 2 aromatic carbocycles. The number of benzene rings is 2. The van der Waals surface area contributed by atoms with Crippen molar-refractivity contribution in [3.05, 3.63) is 70.7 Å². The van der Waals surface area contributed by atoms with Crippen molar-refractivity contribution >= 4 is 21.6 Å². The molecule has 0 aliphatic carbocycles. The molecule has 1 aliphatic heterocycles. The van der Waals surface area contributed by atoms with Crippen molar-refractivity contribution in [2.45, 2.75) is 11.9 Å². The Morgan fingerprint density at radius 2 is 1.91 bits per heavy atom. The molecule has 1 fully saturated rings. The highest BCUT2D eigenvalue weighted by Crippen LogP contribution is 2.25. The van der Waals surface area contributed by atoms with Gasteiger partial charge in [0.2, 0.25) is 10.0 Å². The van der Waals surface area contributed by atoms with E-state index in [4.69, 9.17) is 16.3 Å². The summed E-state index contributed by atoms with van der Waals surface area (Å²) >= 11 is 5.93. The fraction of sp³-hybridized carbons (Fsp3) is 0.294. The van der Waals surface area contributed by atoms with Gasteiger partial charge in [-0.15, -0.1) is 0 Å². The molecular formula is C17H18ClNO3S. The Morgan fingerprint density at radius 3 is 2.65 bits per heavy atom. The first kappa shape index (κ1) is 16.5. The molecule has 0 radical (unpaired) electrons. The van der Waals surface area contributed by atoms with Crippen LogP contribution in [0.2, 0.25) is 5.02 Å². The van der Waals surface area contributed by atoms with Crippen molar-refractivity contribution in [3.8, 4) is 0 Å². The lowest BCUT2D eigenvalue weighted by molar-refractivity contribution is -0.00260. The van der Waals surface area contributed by atoms with Crippen molar-refractivity contribution in [1.82, 2.24) is 4.31 Å². The molecular weight excluding hydrogens is 334 g/mol. The lowest BCUT2D eigenvalue weighted by Crippen LogP contribution is -2.42. The quantitative estimate of drug-likeness (QED) is 0.849. The lowest BCUT2D eigenvalue weighted by atomic mass is 10.1. The van der Waals surface area contributed by atoms with Gasteiger partial charge >= 0.3 is 0 Å². The van der Waals surface area contributed by atoms with E-state index in [1.54, 1.807) is 24.3 Å². The van der Waals surface area contributed by atoms with Crippen LogP contribution in [0.15, 0.2) is 54.6 Å². The molecule has 3 rings (SSSR count). The van der Waals surface area contributed by atoms with E-state index in [1.165, 1.54) is 4.31 Å². The van der Waals surface area contributed by atoms with Gasteiger partial charge in [-0.3, -0.25) is 0 Å². The fourth-order valence-corrected chi connectivity index (χ4v) is 4.39.